The summed E-state index contributed by atoms with van der Waals surface area (Å²) in [6.45, 7) is 0. The van der Waals surface area contributed by atoms with Crippen molar-refractivity contribution in [3.63, 3.8) is 0 Å². The SMILES string of the molecule is [CH2]OS(=O)(=O)c1cc(F)cc2ccccc12. The van der Waals surface area contributed by atoms with Gasteiger partial charge in [-0.05, 0) is 17.5 Å². The van der Waals surface area contributed by atoms with Crippen molar-refractivity contribution in [1.29, 1.82) is 0 Å². The van der Waals surface area contributed by atoms with Gasteiger partial charge in [0.1, 0.15) is 10.7 Å². The van der Waals surface area contributed by atoms with Crippen LogP contribution in [0.2, 0.25) is 0 Å². The lowest BCUT2D eigenvalue weighted by Gasteiger charge is -2.06. The summed E-state index contributed by atoms with van der Waals surface area (Å²) < 4.78 is 40.4. The lowest BCUT2D eigenvalue weighted by atomic mass is 10.1. The van der Waals surface area contributed by atoms with Gasteiger partial charge in [-0.2, -0.15) is 8.42 Å². The van der Waals surface area contributed by atoms with Gasteiger partial charge in [0.2, 0.25) is 0 Å². The fourth-order valence-electron chi connectivity index (χ4n) is 1.51. The highest BCUT2D eigenvalue weighted by Gasteiger charge is 2.17. The summed E-state index contributed by atoms with van der Waals surface area (Å²) in [7, 11) is -1.14. The van der Waals surface area contributed by atoms with Gasteiger partial charge in [0.05, 0.1) is 7.11 Å². The fraction of sp³-hybridized carbons (Fsp3) is 0. The number of halogens is 1. The fourth-order valence-corrected chi connectivity index (χ4v) is 2.35. The van der Waals surface area contributed by atoms with E-state index in [4.69, 9.17) is 0 Å². The van der Waals surface area contributed by atoms with Gasteiger partial charge in [-0.15, -0.1) is 0 Å². The minimum absolute atomic E-state index is 0.210. The van der Waals surface area contributed by atoms with Crippen LogP contribution in [0.1, 0.15) is 0 Å². The minimum atomic E-state index is -4.00. The molecule has 83 valence electrons. The molecule has 2 aromatic rings. The first kappa shape index (κ1) is 11.0. The van der Waals surface area contributed by atoms with Gasteiger partial charge < -0.3 is 0 Å². The third kappa shape index (κ3) is 1.79. The molecule has 0 N–H and O–H groups in total. The monoisotopic (exact) mass is 239 g/mol. The third-order valence-corrected chi connectivity index (χ3v) is 3.40. The molecular weight excluding hydrogens is 231 g/mol. The summed E-state index contributed by atoms with van der Waals surface area (Å²) in [5.41, 5.74) is 0. The van der Waals surface area contributed by atoms with E-state index in [-0.39, 0.29) is 4.90 Å². The zero-order valence-corrected chi connectivity index (χ0v) is 9.00. The maximum absolute atomic E-state index is 13.2. The third-order valence-electron chi connectivity index (χ3n) is 2.21. The molecule has 1 radical (unpaired) electrons. The molecule has 3 nitrogen and oxygen atoms in total. The number of fused-ring (bicyclic) bond motifs is 1. The molecule has 2 rings (SSSR count). The lowest BCUT2D eigenvalue weighted by Crippen LogP contribution is -2.03. The van der Waals surface area contributed by atoms with Gasteiger partial charge >= 0.3 is 0 Å². The number of benzene rings is 2. The first-order valence-corrected chi connectivity index (χ1v) is 5.82. The molecule has 0 aliphatic rings. The zero-order valence-electron chi connectivity index (χ0n) is 8.18. The molecule has 0 saturated heterocycles. The Labute approximate surface area is 92.6 Å². The summed E-state index contributed by atoms with van der Waals surface area (Å²) in [4.78, 5) is -0.210. The predicted octanol–water partition coefficient (Wildman–Crippen LogP) is 2.48. The molecule has 0 aromatic heterocycles. The van der Waals surface area contributed by atoms with E-state index in [1.165, 1.54) is 6.07 Å². The van der Waals surface area contributed by atoms with Gasteiger partial charge in [-0.3, -0.25) is 4.18 Å². The Hall–Kier alpha value is -1.46. The van der Waals surface area contributed by atoms with Crippen LogP contribution in [0.25, 0.3) is 10.8 Å². The van der Waals surface area contributed by atoms with Crippen LogP contribution in [0.15, 0.2) is 41.3 Å². The van der Waals surface area contributed by atoms with E-state index >= 15 is 0 Å². The Morgan fingerprint density at radius 2 is 1.88 bits per heavy atom. The van der Waals surface area contributed by atoms with Crippen molar-refractivity contribution in [1.82, 2.24) is 0 Å². The average molecular weight is 239 g/mol. The Bertz CT molecular complexity index is 635. The Kier molecular flexibility index (Phi) is 2.65. The van der Waals surface area contributed by atoms with E-state index in [1.54, 1.807) is 24.3 Å². The van der Waals surface area contributed by atoms with Gasteiger partial charge in [0.25, 0.3) is 10.1 Å². The molecule has 0 saturated carbocycles. The molecule has 5 heteroatoms. The first-order valence-electron chi connectivity index (χ1n) is 4.41. The van der Waals surface area contributed by atoms with E-state index in [9.17, 15) is 12.8 Å². The van der Waals surface area contributed by atoms with E-state index in [0.717, 1.165) is 6.07 Å². The molecule has 16 heavy (non-hydrogen) atoms. The van der Waals surface area contributed by atoms with Crippen molar-refractivity contribution in [2.75, 3.05) is 0 Å². The molecule has 0 fully saturated rings. The second-order valence-corrected chi connectivity index (χ2v) is 4.78. The van der Waals surface area contributed by atoms with Gasteiger partial charge in [-0.1, -0.05) is 24.3 Å². The van der Waals surface area contributed by atoms with Gasteiger partial charge in [-0.25, -0.2) is 4.39 Å². The smallest absolute Gasteiger partial charge is 0.264 e. The molecule has 2 aromatic carbocycles. The maximum atomic E-state index is 13.2. The van der Waals surface area contributed by atoms with Crippen LogP contribution in [-0.4, -0.2) is 8.42 Å². The summed E-state index contributed by atoms with van der Waals surface area (Å²) in [6.07, 6.45) is 0. The van der Waals surface area contributed by atoms with Crippen molar-refractivity contribution in [2.24, 2.45) is 0 Å². The van der Waals surface area contributed by atoms with Crippen molar-refractivity contribution in [3.8, 4) is 0 Å². The van der Waals surface area contributed by atoms with Crippen molar-refractivity contribution >= 4 is 20.9 Å². The number of hydrogen-bond donors (Lipinski definition) is 0. The average Bonchev–Trinajstić information content (AvgIpc) is 2.28. The topological polar surface area (TPSA) is 43.4 Å². The van der Waals surface area contributed by atoms with E-state index < -0.39 is 15.9 Å². The van der Waals surface area contributed by atoms with Crippen LogP contribution in [-0.2, 0) is 14.3 Å². The largest absolute Gasteiger partial charge is 0.297 e. The zero-order chi connectivity index (χ0) is 11.8. The van der Waals surface area contributed by atoms with E-state index in [1.807, 2.05) is 0 Å². The molecular formula is C11H8FO3S. The van der Waals surface area contributed by atoms with Crippen molar-refractivity contribution in [3.05, 3.63) is 49.3 Å². The van der Waals surface area contributed by atoms with Crippen LogP contribution in [0.5, 0.6) is 0 Å². The van der Waals surface area contributed by atoms with Crippen LogP contribution in [0.3, 0.4) is 0 Å². The molecule has 0 aliphatic heterocycles. The summed E-state index contributed by atoms with van der Waals surface area (Å²) >= 11 is 0. The van der Waals surface area contributed by atoms with Crippen LogP contribution in [0, 0.1) is 12.9 Å². The van der Waals surface area contributed by atoms with E-state index in [0.29, 0.717) is 10.8 Å². The van der Waals surface area contributed by atoms with Crippen molar-refractivity contribution in [2.45, 2.75) is 4.90 Å². The standard InChI is InChI=1S/C11H8FO3S/c1-15-16(13,14)11-7-9(12)6-8-4-2-3-5-10(8)11/h2-7H,1H2. The highest BCUT2D eigenvalue weighted by Crippen LogP contribution is 2.25. The number of hydrogen-bond acceptors (Lipinski definition) is 3. The molecule has 0 amide bonds. The molecule has 0 spiro atoms. The summed E-state index contributed by atoms with van der Waals surface area (Å²) in [6, 6.07) is 8.76. The summed E-state index contributed by atoms with van der Waals surface area (Å²) in [5, 5.41) is 0.908. The molecule has 0 heterocycles. The Balaban J connectivity index is 2.89. The van der Waals surface area contributed by atoms with E-state index in [2.05, 4.69) is 11.3 Å². The minimum Gasteiger partial charge on any atom is -0.264 e. The molecule has 0 unspecified atom stereocenters. The predicted molar refractivity (Wildman–Crippen MR) is 57.5 cm³/mol. The second kappa shape index (κ2) is 3.84. The van der Waals surface area contributed by atoms with Crippen LogP contribution < -0.4 is 0 Å². The molecule has 0 aliphatic carbocycles. The maximum Gasteiger partial charge on any atom is 0.297 e. The Morgan fingerprint density at radius 1 is 1.19 bits per heavy atom. The number of rotatable bonds is 2. The normalized spacial score (nSPS) is 11.9. The molecule has 0 atom stereocenters. The lowest BCUT2D eigenvalue weighted by molar-refractivity contribution is 0.438. The van der Waals surface area contributed by atoms with Crippen LogP contribution >= 0.6 is 0 Å². The summed E-state index contributed by atoms with van der Waals surface area (Å²) in [5.74, 6) is -0.630. The Morgan fingerprint density at radius 3 is 2.56 bits per heavy atom. The highest BCUT2D eigenvalue weighted by atomic mass is 32.2. The second-order valence-electron chi connectivity index (χ2n) is 3.20. The van der Waals surface area contributed by atoms with Crippen molar-refractivity contribution < 1.29 is 17.0 Å². The quantitative estimate of drug-likeness (QED) is 0.756. The highest BCUT2D eigenvalue weighted by molar-refractivity contribution is 7.87. The molecule has 0 bridgehead atoms. The van der Waals surface area contributed by atoms with Gasteiger partial charge in [0, 0.05) is 5.39 Å². The van der Waals surface area contributed by atoms with Gasteiger partial charge in [0.15, 0.2) is 0 Å². The first-order chi connectivity index (χ1) is 7.54. The van der Waals surface area contributed by atoms with Crippen LogP contribution in [0.4, 0.5) is 4.39 Å².